The van der Waals surface area contributed by atoms with Crippen LogP contribution in [-0.4, -0.2) is 57.0 Å². The highest BCUT2D eigenvalue weighted by Gasteiger charge is 2.16. The number of ether oxygens (including phenoxy) is 3. The summed E-state index contributed by atoms with van der Waals surface area (Å²) in [4.78, 5) is 44.4. The van der Waals surface area contributed by atoms with E-state index in [1.165, 1.54) is 29.1 Å². The zero-order chi connectivity index (χ0) is 27.3. The molecule has 1 N–H and O–H groups in total. The monoisotopic (exact) mass is 521 g/mol. The average Bonchev–Trinajstić information content (AvgIpc) is 3.28. The Morgan fingerprint density at radius 2 is 1.89 bits per heavy atom. The van der Waals surface area contributed by atoms with Crippen molar-refractivity contribution in [2.45, 2.75) is 26.4 Å². The summed E-state index contributed by atoms with van der Waals surface area (Å²) < 4.78 is 22.8. The smallest absolute Gasteiger partial charge is 0.332 e. The third-order valence-electron chi connectivity index (χ3n) is 4.93. The predicted octanol–water partition coefficient (Wildman–Crippen LogP) is 2.97. The van der Waals surface area contributed by atoms with Gasteiger partial charge in [0, 0.05) is 18.8 Å². The number of benzene rings is 1. The molecule has 0 saturated carbocycles. The van der Waals surface area contributed by atoms with E-state index in [-0.39, 0.29) is 37.0 Å². The van der Waals surface area contributed by atoms with Gasteiger partial charge in [-0.05, 0) is 57.2 Å². The molecule has 0 atom stereocenters. The number of carbonyl (C=O) groups is 2. The summed E-state index contributed by atoms with van der Waals surface area (Å²) in [5.41, 5.74) is 1.31. The molecule has 0 unspecified atom stereocenters. The fraction of sp³-hybridized carbons (Fsp3) is 0.308. The maximum absolute atomic E-state index is 12.7. The third kappa shape index (κ3) is 7.01. The van der Waals surface area contributed by atoms with E-state index < -0.39 is 17.5 Å². The van der Waals surface area contributed by atoms with E-state index >= 15 is 0 Å². The molecule has 0 saturated heterocycles. The van der Waals surface area contributed by atoms with Crippen LogP contribution in [-0.2, 0) is 21.3 Å². The van der Waals surface area contributed by atoms with E-state index in [1.807, 2.05) is 0 Å². The Morgan fingerprint density at radius 1 is 1.08 bits per heavy atom. The van der Waals surface area contributed by atoms with Gasteiger partial charge in [-0.1, -0.05) is 0 Å². The lowest BCUT2D eigenvalue weighted by atomic mass is 10.2. The van der Waals surface area contributed by atoms with Crippen molar-refractivity contribution in [3.05, 3.63) is 64.7 Å². The van der Waals surface area contributed by atoms with Crippen LogP contribution in [0.2, 0.25) is 0 Å². The number of hydrogen-bond donors (Lipinski definition) is 1. The van der Waals surface area contributed by atoms with Gasteiger partial charge in [-0.2, -0.15) is 5.10 Å². The van der Waals surface area contributed by atoms with Crippen molar-refractivity contribution in [3.63, 3.8) is 0 Å². The Hall–Kier alpha value is -4.58. The van der Waals surface area contributed by atoms with Crippen molar-refractivity contribution in [2.24, 2.45) is 7.05 Å². The minimum absolute atomic E-state index is 0.163. The minimum atomic E-state index is -0.563. The molecule has 1 aromatic carbocycles. The maximum atomic E-state index is 12.7. The number of fused-ring (bicyclic) bond motifs is 1. The first-order valence-corrected chi connectivity index (χ1v) is 11.7. The van der Waals surface area contributed by atoms with Crippen LogP contribution in [0.5, 0.6) is 5.75 Å². The first kappa shape index (κ1) is 26.5. The van der Waals surface area contributed by atoms with Crippen LogP contribution in [0.15, 0.2) is 57.9 Å². The van der Waals surface area contributed by atoms with Crippen LogP contribution in [0.25, 0.3) is 22.7 Å². The molecule has 12 nitrogen and oxygen atoms in total. The van der Waals surface area contributed by atoms with Crippen molar-refractivity contribution in [2.75, 3.05) is 25.1 Å². The van der Waals surface area contributed by atoms with Crippen molar-refractivity contribution >= 4 is 28.7 Å². The van der Waals surface area contributed by atoms with E-state index in [1.54, 1.807) is 52.1 Å². The fourth-order valence-electron chi connectivity index (χ4n) is 3.27. The lowest BCUT2D eigenvalue weighted by Crippen LogP contribution is -2.27. The van der Waals surface area contributed by atoms with E-state index in [9.17, 15) is 14.4 Å². The maximum Gasteiger partial charge on any atom is 0.332 e. The molecule has 0 aliphatic carbocycles. The second kappa shape index (κ2) is 11.2. The first-order chi connectivity index (χ1) is 18.1. The van der Waals surface area contributed by atoms with Gasteiger partial charge in [0.1, 0.15) is 41.5 Å². The molecule has 4 aromatic rings. The minimum Gasteiger partial charge on any atom is -0.490 e. The Labute approximate surface area is 217 Å². The number of pyridine rings is 1. The summed E-state index contributed by atoms with van der Waals surface area (Å²) in [6, 6.07) is 11.1. The van der Waals surface area contributed by atoms with E-state index in [0.29, 0.717) is 28.2 Å². The molecule has 0 fully saturated rings. The molecule has 1 amide bonds. The van der Waals surface area contributed by atoms with Crippen LogP contribution in [0.4, 0.5) is 5.69 Å². The number of oxazole rings is 1. The van der Waals surface area contributed by atoms with E-state index in [4.69, 9.17) is 18.6 Å². The molecule has 0 bridgehead atoms. The number of anilines is 1. The van der Waals surface area contributed by atoms with E-state index in [2.05, 4.69) is 20.4 Å². The number of esters is 1. The van der Waals surface area contributed by atoms with Gasteiger partial charge < -0.3 is 23.9 Å². The Balaban J connectivity index is 1.29. The number of nitrogens with zero attached hydrogens (tertiary/aromatic N) is 4. The van der Waals surface area contributed by atoms with Crippen molar-refractivity contribution in [1.82, 2.24) is 19.7 Å². The van der Waals surface area contributed by atoms with Crippen LogP contribution in [0, 0.1) is 0 Å². The lowest BCUT2D eigenvalue weighted by molar-refractivity contribution is -0.160. The molecular formula is C26H27N5O7. The van der Waals surface area contributed by atoms with Gasteiger partial charge >= 0.3 is 5.97 Å². The zero-order valence-corrected chi connectivity index (χ0v) is 21.4. The summed E-state index contributed by atoms with van der Waals surface area (Å²) in [5.74, 6) is -0.156. The van der Waals surface area contributed by atoms with Crippen molar-refractivity contribution in [1.29, 1.82) is 0 Å². The van der Waals surface area contributed by atoms with Gasteiger partial charge in [-0.25, -0.2) is 19.4 Å². The Morgan fingerprint density at radius 3 is 2.61 bits per heavy atom. The van der Waals surface area contributed by atoms with Crippen LogP contribution in [0.3, 0.4) is 0 Å². The number of aromatic nitrogens is 4. The molecule has 3 heterocycles. The van der Waals surface area contributed by atoms with Crippen LogP contribution in [0.1, 0.15) is 31.3 Å². The molecule has 0 spiro atoms. The standard InChI is InChI=1S/C26H27N5O7/c1-26(2,3)38-23(33)15-35-11-12-36-17-6-7-18(27-14-17)24(34)28-16-5-9-21-20(13-16)29-25(37-21)19-8-10-22(32)31(4)30-19/h5-10,13-14H,11-12,15H2,1-4H3,(H,28,34). The topological polar surface area (TPSA) is 148 Å². The summed E-state index contributed by atoms with van der Waals surface area (Å²) in [7, 11) is 1.54. The van der Waals surface area contributed by atoms with Crippen molar-refractivity contribution < 1.29 is 28.2 Å². The van der Waals surface area contributed by atoms with Crippen LogP contribution < -0.4 is 15.6 Å². The number of nitrogens with one attached hydrogen (secondary N) is 1. The molecule has 0 aliphatic heterocycles. The number of rotatable bonds is 9. The highest BCUT2D eigenvalue weighted by molar-refractivity contribution is 6.03. The summed E-state index contributed by atoms with van der Waals surface area (Å²) in [6.07, 6.45) is 1.43. The van der Waals surface area contributed by atoms with Gasteiger partial charge in [0.05, 0.1) is 12.8 Å². The number of carbonyl (C=O) groups excluding carboxylic acids is 2. The number of aryl methyl sites for hydroxylation is 1. The normalized spacial score (nSPS) is 11.4. The molecular weight excluding hydrogens is 494 g/mol. The molecule has 0 aliphatic rings. The Kier molecular flexibility index (Phi) is 7.82. The summed E-state index contributed by atoms with van der Waals surface area (Å²) in [5, 5.41) is 6.91. The van der Waals surface area contributed by atoms with Gasteiger partial charge in [-0.15, -0.1) is 0 Å². The molecule has 0 radical (unpaired) electrons. The molecule has 12 heteroatoms. The van der Waals surface area contributed by atoms with Crippen molar-refractivity contribution in [3.8, 4) is 17.3 Å². The van der Waals surface area contributed by atoms with Gasteiger partial charge in [-0.3, -0.25) is 9.59 Å². The second-order valence-corrected chi connectivity index (χ2v) is 9.20. The van der Waals surface area contributed by atoms with Gasteiger partial charge in [0.15, 0.2) is 5.58 Å². The van der Waals surface area contributed by atoms with Crippen LogP contribution >= 0.6 is 0 Å². The SMILES string of the molecule is Cn1nc(-c2nc3cc(NC(=O)c4ccc(OCCOCC(=O)OC(C)(C)C)cn4)ccc3o2)ccc1=O. The van der Waals surface area contributed by atoms with E-state index in [0.717, 1.165) is 0 Å². The highest BCUT2D eigenvalue weighted by atomic mass is 16.6. The fourth-order valence-corrected chi connectivity index (χ4v) is 3.27. The molecule has 198 valence electrons. The molecule has 3 aromatic heterocycles. The molecule has 38 heavy (non-hydrogen) atoms. The zero-order valence-electron chi connectivity index (χ0n) is 21.4. The summed E-state index contributed by atoms with van der Waals surface area (Å²) >= 11 is 0. The first-order valence-electron chi connectivity index (χ1n) is 11.7. The highest BCUT2D eigenvalue weighted by Crippen LogP contribution is 2.25. The second-order valence-electron chi connectivity index (χ2n) is 9.20. The van der Waals surface area contributed by atoms with Gasteiger partial charge in [0.2, 0.25) is 5.89 Å². The predicted molar refractivity (Wildman–Crippen MR) is 137 cm³/mol. The Bertz CT molecular complexity index is 1500. The summed E-state index contributed by atoms with van der Waals surface area (Å²) in [6.45, 7) is 5.57. The number of hydrogen-bond acceptors (Lipinski definition) is 10. The quantitative estimate of drug-likeness (QED) is 0.257. The number of amides is 1. The third-order valence-corrected chi connectivity index (χ3v) is 4.93. The van der Waals surface area contributed by atoms with Gasteiger partial charge in [0.25, 0.3) is 11.5 Å². The average molecular weight is 522 g/mol. The lowest BCUT2D eigenvalue weighted by Gasteiger charge is -2.19. The molecule has 4 rings (SSSR count). The largest absolute Gasteiger partial charge is 0.490 e.